The Bertz CT molecular complexity index is 1110. The summed E-state index contributed by atoms with van der Waals surface area (Å²) >= 11 is 0. The number of nitriles is 1. The molecule has 1 heterocycles. The number of benzene rings is 2. The number of hydrogen-bond donors (Lipinski definition) is 1. The first-order valence-electron chi connectivity index (χ1n) is 8.22. The second kappa shape index (κ2) is 8.02. The van der Waals surface area contributed by atoms with Gasteiger partial charge >= 0.3 is 6.18 Å². The summed E-state index contributed by atoms with van der Waals surface area (Å²) in [5.74, 6) is -0.711. The van der Waals surface area contributed by atoms with Gasteiger partial charge in [-0.15, -0.1) is 0 Å². The second-order valence-electron chi connectivity index (χ2n) is 5.91. The lowest BCUT2D eigenvalue weighted by Gasteiger charge is -2.09. The van der Waals surface area contributed by atoms with Gasteiger partial charge in [-0.05, 0) is 54.6 Å². The van der Waals surface area contributed by atoms with E-state index < -0.39 is 23.5 Å². The molecule has 0 spiro atoms. The Morgan fingerprint density at radius 1 is 1.07 bits per heavy atom. The van der Waals surface area contributed by atoms with Crippen LogP contribution in [0.2, 0.25) is 0 Å². The van der Waals surface area contributed by atoms with Gasteiger partial charge in [-0.25, -0.2) is 4.39 Å². The number of anilines is 1. The molecule has 1 amide bonds. The molecule has 0 aliphatic heterocycles. The minimum absolute atomic E-state index is 0.0996. The van der Waals surface area contributed by atoms with Crippen LogP contribution < -0.4 is 5.32 Å². The van der Waals surface area contributed by atoms with Crippen molar-refractivity contribution in [1.29, 1.82) is 5.26 Å². The Labute approximate surface area is 162 Å². The van der Waals surface area contributed by atoms with Crippen LogP contribution in [0.25, 0.3) is 17.4 Å². The van der Waals surface area contributed by atoms with E-state index in [0.29, 0.717) is 11.3 Å². The SMILES string of the molecule is N#C/C(=C\c1ccc(-c2ccc(F)cc2)o1)C(=O)Nc1cccc(C(F)(F)F)c1. The number of halogens is 4. The van der Waals surface area contributed by atoms with Gasteiger partial charge in [0.05, 0.1) is 5.56 Å². The molecule has 0 aliphatic rings. The molecule has 8 heteroatoms. The highest BCUT2D eigenvalue weighted by Crippen LogP contribution is 2.31. The molecule has 0 atom stereocenters. The molecular weight excluding hydrogens is 388 g/mol. The molecule has 1 aromatic heterocycles. The average Bonchev–Trinajstić information content (AvgIpc) is 3.14. The van der Waals surface area contributed by atoms with Crippen molar-refractivity contribution in [2.24, 2.45) is 0 Å². The van der Waals surface area contributed by atoms with E-state index in [-0.39, 0.29) is 17.0 Å². The van der Waals surface area contributed by atoms with Crippen LogP contribution in [0.1, 0.15) is 11.3 Å². The molecule has 146 valence electrons. The molecule has 0 aliphatic carbocycles. The summed E-state index contributed by atoms with van der Waals surface area (Å²) in [5.41, 5.74) is -0.787. The second-order valence-corrected chi connectivity index (χ2v) is 5.91. The summed E-state index contributed by atoms with van der Waals surface area (Å²) in [7, 11) is 0. The first kappa shape index (κ1) is 19.9. The number of carbonyl (C=O) groups is 1. The maximum absolute atomic E-state index is 13.0. The van der Waals surface area contributed by atoms with Crippen molar-refractivity contribution in [2.75, 3.05) is 5.32 Å². The zero-order valence-corrected chi connectivity index (χ0v) is 14.6. The molecule has 0 fully saturated rings. The summed E-state index contributed by atoms with van der Waals surface area (Å²) in [5, 5.41) is 11.5. The lowest BCUT2D eigenvalue weighted by Crippen LogP contribution is -2.14. The van der Waals surface area contributed by atoms with Gasteiger partial charge in [0.15, 0.2) is 0 Å². The van der Waals surface area contributed by atoms with E-state index >= 15 is 0 Å². The van der Waals surface area contributed by atoms with E-state index in [9.17, 15) is 27.6 Å². The third-order valence-corrected chi connectivity index (χ3v) is 3.85. The zero-order chi connectivity index (χ0) is 21.0. The highest BCUT2D eigenvalue weighted by atomic mass is 19.4. The van der Waals surface area contributed by atoms with Crippen LogP contribution in [0.15, 0.2) is 70.7 Å². The molecule has 0 unspecified atom stereocenters. The number of furan rings is 1. The molecule has 4 nitrogen and oxygen atoms in total. The number of amides is 1. The molecule has 1 N–H and O–H groups in total. The Hall–Kier alpha value is -3.86. The van der Waals surface area contributed by atoms with Gasteiger partial charge in [-0.1, -0.05) is 6.07 Å². The van der Waals surface area contributed by atoms with E-state index in [0.717, 1.165) is 24.3 Å². The van der Waals surface area contributed by atoms with Crippen molar-refractivity contribution in [2.45, 2.75) is 6.18 Å². The Morgan fingerprint density at radius 3 is 2.45 bits per heavy atom. The van der Waals surface area contributed by atoms with Crippen LogP contribution in [-0.2, 0) is 11.0 Å². The summed E-state index contributed by atoms with van der Waals surface area (Å²) in [6, 6.07) is 14.4. The highest BCUT2D eigenvalue weighted by molar-refractivity contribution is 6.09. The quantitative estimate of drug-likeness (QED) is 0.350. The topological polar surface area (TPSA) is 66.0 Å². The van der Waals surface area contributed by atoms with Gasteiger partial charge in [-0.2, -0.15) is 18.4 Å². The van der Waals surface area contributed by atoms with Gasteiger partial charge in [0, 0.05) is 17.3 Å². The molecule has 0 saturated heterocycles. The van der Waals surface area contributed by atoms with E-state index in [2.05, 4.69) is 5.32 Å². The van der Waals surface area contributed by atoms with Gasteiger partial charge in [0.25, 0.3) is 5.91 Å². The number of hydrogen-bond acceptors (Lipinski definition) is 3. The molecule has 29 heavy (non-hydrogen) atoms. The van der Waals surface area contributed by atoms with E-state index in [4.69, 9.17) is 4.42 Å². The highest BCUT2D eigenvalue weighted by Gasteiger charge is 2.30. The Balaban J connectivity index is 1.79. The van der Waals surface area contributed by atoms with E-state index in [1.807, 2.05) is 0 Å². The van der Waals surface area contributed by atoms with Crippen molar-refractivity contribution in [1.82, 2.24) is 0 Å². The third kappa shape index (κ3) is 4.90. The first-order chi connectivity index (χ1) is 13.8. The number of nitrogens with zero attached hydrogens (tertiary/aromatic N) is 1. The third-order valence-electron chi connectivity index (χ3n) is 3.85. The lowest BCUT2D eigenvalue weighted by atomic mass is 10.1. The van der Waals surface area contributed by atoms with Gasteiger partial charge in [0.2, 0.25) is 0 Å². The predicted molar refractivity (Wildman–Crippen MR) is 97.8 cm³/mol. The zero-order valence-electron chi connectivity index (χ0n) is 14.6. The fourth-order valence-corrected chi connectivity index (χ4v) is 2.46. The number of alkyl halides is 3. The molecule has 2 aromatic carbocycles. The van der Waals surface area contributed by atoms with Gasteiger partial charge in [0.1, 0.15) is 29.0 Å². The van der Waals surface area contributed by atoms with E-state index in [1.165, 1.54) is 36.4 Å². The van der Waals surface area contributed by atoms with Crippen LogP contribution in [0.3, 0.4) is 0 Å². The van der Waals surface area contributed by atoms with Crippen LogP contribution >= 0.6 is 0 Å². The first-order valence-corrected chi connectivity index (χ1v) is 8.22. The predicted octanol–water partition coefficient (Wildman–Crippen LogP) is 5.65. The summed E-state index contributed by atoms with van der Waals surface area (Å²) in [4.78, 5) is 12.3. The minimum Gasteiger partial charge on any atom is -0.457 e. The van der Waals surface area contributed by atoms with Crippen molar-refractivity contribution in [3.63, 3.8) is 0 Å². The van der Waals surface area contributed by atoms with Crippen LogP contribution in [0, 0.1) is 17.1 Å². The fourth-order valence-electron chi connectivity index (χ4n) is 2.46. The van der Waals surface area contributed by atoms with Crippen LogP contribution in [0.5, 0.6) is 0 Å². The Morgan fingerprint density at radius 2 is 1.79 bits per heavy atom. The van der Waals surface area contributed by atoms with Crippen LogP contribution in [0.4, 0.5) is 23.2 Å². The molecule has 0 saturated carbocycles. The van der Waals surface area contributed by atoms with Gasteiger partial charge in [-0.3, -0.25) is 4.79 Å². The summed E-state index contributed by atoms with van der Waals surface area (Å²) in [6.45, 7) is 0. The monoisotopic (exact) mass is 400 g/mol. The normalized spacial score (nSPS) is 11.8. The Kier molecular flexibility index (Phi) is 5.50. The molecule has 0 bridgehead atoms. The van der Waals surface area contributed by atoms with Crippen molar-refractivity contribution >= 4 is 17.7 Å². The largest absolute Gasteiger partial charge is 0.457 e. The molecule has 0 radical (unpaired) electrons. The van der Waals surface area contributed by atoms with Crippen molar-refractivity contribution in [3.8, 4) is 17.4 Å². The summed E-state index contributed by atoms with van der Waals surface area (Å²) in [6.07, 6.45) is -3.39. The number of rotatable bonds is 4. The van der Waals surface area contributed by atoms with Crippen molar-refractivity contribution in [3.05, 3.63) is 83.4 Å². The van der Waals surface area contributed by atoms with Crippen LogP contribution in [-0.4, -0.2) is 5.91 Å². The maximum atomic E-state index is 13.0. The molecule has 3 rings (SSSR count). The number of nitrogens with one attached hydrogen (secondary N) is 1. The van der Waals surface area contributed by atoms with E-state index in [1.54, 1.807) is 12.1 Å². The fraction of sp³-hybridized carbons (Fsp3) is 0.0476. The standard InChI is InChI=1S/C21H12F4N2O2/c22-16-6-4-13(5-7-16)19-9-8-18(29-19)10-14(12-26)20(28)27-17-3-1-2-15(11-17)21(23,24)25/h1-11H,(H,27,28)/b14-10+. The van der Waals surface area contributed by atoms with Crippen molar-refractivity contribution < 1.29 is 26.8 Å². The van der Waals surface area contributed by atoms with Gasteiger partial charge < -0.3 is 9.73 Å². The smallest absolute Gasteiger partial charge is 0.416 e. The molecular formula is C21H12F4N2O2. The average molecular weight is 400 g/mol. The maximum Gasteiger partial charge on any atom is 0.416 e. The minimum atomic E-state index is -4.56. The summed E-state index contributed by atoms with van der Waals surface area (Å²) < 4.78 is 56.8. The molecule has 3 aromatic rings. The lowest BCUT2D eigenvalue weighted by molar-refractivity contribution is -0.137. The number of carbonyl (C=O) groups excluding carboxylic acids is 1.